The number of thiol groups is 2. The number of thiophene rings is 2. The van der Waals surface area contributed by atoms with E-state index < -0.39 is 0 Å². The molecule has 0 bridgehead atoms. The molecule has 0 spiro atoms. The SMILES string of the molecule is CCCCC(CC)CC1(CC(CC)CCCC)c2cc(C3=CC=C(/C=c4\ccc(=C(C#N)C#N)s4)C(=N)/C3=N\S)ccc2-c2ccc(C3=CC=C(/C=c4\ccc(=C(C#N)C#N)s4)C(=N)/C3=N\S)cc21. The van der Waals surface area contributed by atoms with Crippen molar-refractivity contribution in [3.05, 3.63) is 136 Å². The molecular weight excluding hydrogens is 925 g/mol. The number of nitrogens with zero attached hydrogens (tertiary/aromatic N) is 6. The molecule has 7 rings (SSSR count). The molecule has 0 saturated carbocycles. The smallest absolute Gasteiger partial charge is 0.146 e. The van der Waals surface area contributed by atoms with Crippen LogP contribution >= 0.6 is 48.3 Å². The first kappa shape index (κ1) is 50.5. The summed E-state index contributed by atoms with van der Waals surface area (Å²) in [5.74, 6) is 0.964. The van der Waals surface area contributed by atoms with Crippen molar-refractivity contribution in [3.63, 3.8) is 0 Å². The molecule has 69 heavy (non-hydrogen) atoms. The van der Waals surface area contributed by atoms with Crippen LogP contribution in [0.3, 0.4) is 0 Å². The Balaban J connectivity index is 1.41. The summed E-state index contributed by atoms with van der Waals surface area (Å²) in [7, 11) is 0. The minimum atomic E-state index is -0.343. The lowest BCUT2D eigenvalue weighted by molar-refractivity contribution is 0.266. The number of nitriles is 4. The van der Waals surface area contributed by atoms with Gasteiger partial charge in [0.25, 0.3) is 0 Å². The van der Waals surface area contributed by atoms with Crippen LogP contribution in [0.4, 0.5) is 0 Å². The van der Waals surface area contributed by atoms with Gasteiger partial charge in [0, 0.05) is 36.8 Å². The van der Waals surface area contributed by atoms with Crippen molar-refractivity contribution in [1.82, 2.24) is 0 Å². The standard InChI is InChI=1S/C57H54N8S4/c1-5-9-11-35(7-3)29-57(30-36(8-4)12-10-6-2)49-27-37(45-19-15-39(53(62)55(45)64-66)25-43-17-23-51(68-43)41(31-58)32-59)13-21-47(49)48-22-14-38(28-50(48)57)46-20-16-40(54(63)56(46)65-67)26-44-18-24-52(69-44)42(33-60)34-61/h13-28,35-36,62-63,66-67H,5-12,29-30H2,1-4H3/b43-25+,44-26+,62-53?,63-54?,64-55-,65-56-. The predicted molar refractivity (Wildman–Crippen MR) is 294 cm³/mol. The molecule has 2 N–H and O–H groups in total. The van der Waals surface area contributed by atoms with E-state index in [0.29, 0.717) is 43.5 Å². The van der Waals surface area contributed by atoms with Crippen LogP contribution < -0.4 is 18.1 Å². The van der Waals surface area contributed by atoms with Crippen molar-refractivity contribution >= 4 is 106 Å². The van der Waals surface area contributed by atoms with E-state index in [1.54, 1.807) is 12.1 Å². The Morgan fingerprint density at radius 1 is 0.609 bits per heavy atom. The van der Waals surface area contributed by atoms with E-state index in [2.05, 4.69) is 98.5 Å². The van der Waals surface area contributed by atoms with Gasteiger partial charge in [0.05, 0.1) is 20.5 Å². The van der Waals surface area contributed by atoms with E-state index in [-0.39, 0.29) is 28.0 Å². The first-order valence-electron chi connectivity index (χ1n) is 23.6. The maximum absolute atomic E-state index is 9.42. The third kappa shape index (κ3) is 10.3. The first-order chi connectivity index (χ1) is 33.5. The molecule has 3 aliphatic rings. The Hall–Kier alpha value is -6.38. The van der Waals surface area contributed by atoms with Gasteiger partial charge in [-0.15, -0.1) is 22.7 Å². The molecule has 0 fully saturated rings. The van der Waals surface area contributed by atoms with Crippen LogP contribution in [0.15, 0.2) is 105 Å². The second kappa shape index (κ2) is 22.8. The van der Waals surface area contributed by atoms with Crippen molar-refractivity contribution < 1.29 is 0 Å². The topological polar surface area (TPSA) is 168 Å². The van der Waals surface area contributed by atoms with Gasteiger partial charge in [-0.25, -0.2) is 8.80 Å². The molecule has 8 nitrogen and oxygen atoms in total. The maximum Gasteiger partial charge on any atom is 0.146 e. The van der Waals surface area contributed by atoms with Crippen LogP contribution in [0, 0.1) is 68.0 Å². The summed E-state index contributed by atoms with van der Waals surface area (Å²) in [5, 5.41) is 56.4. The van der Waals surface area contributed by atoms with Gasteiger partial charge in [0.15, 0.2) is 0 Å². The van der Waals surface area contributed by atoms with Gasteiger partial charge in [0.2, 0.25) is 0 Å². The summed E-state index contributed by atoms with van der Waals surface area (Å²) in [6.07, 6.45) is 22.7. The molecule has 2 aromatic heterocycles. The molecule has 12 heteroatoms. The highest BCUT2D eigenvalue weighted by Gasteiger charge is 2.46. The van der Waals surface area contributed by atoms with E-state index in [0.717, 1.165) is 95.5 Å². The van der Waals surface area contributed by atoms with E-state index in [9.17, 15) is 31.9 Å². The fourth-order valence-electron chi connectivity index (χ4n) is 10.1. The highest BCUT2D eigenvalue weighted by molar-refractivity contribution is 7.79. The zero-order chi connectivity index (χ0) is 49.2. The molecule has 0 amide bonds. The molecule has 3 aliphatic carbocycles. The van der Waals surface area contributed by atoms with Gasteiger partial charge in [-0.3, -0.25) is 10.8 Å². The first-order valence-corrected chi connectivity index (χ1v) is 26.0. The Labute approximate surface area is 424 Å². The minimum Gasteiger partial charge on any atom is -0.298 e. The summed E-state index contributed by atoms with van der Waals surface area (Å²) >= 11 is 11.6. The Kier molecular flexibility index (Phi) is 16.7. The number of unbranched alkanes of at least 4 members (excludes halogenated alkanes) is 2. The normalized spacial score (nSPS) is 18.8. The van der Waals surface area contributed by atoms with Crippen molar-refractivity contribution in [2.24, 2.45) is 20.6 Å². The number of allylic oxidation sites excluding steroid dienone is 8. The molecule has 2 atom stereocenters. The van der Waals surface area contributed by atoms with Crippen LogP contribution in [0.5, 0.6) is 0 Å². The second-order valence-corrected chi connectivity index (χ2v) is 20.4. The average molecular weight is 979 g/mol. The van der Waals surface area contributed by atoms with Crippen LogP contribution in [0.25, 0.3) is 45.6 Å². The molecule has 4 aromatic rings. The molecule has 0 aliphatic heterocycles. The number of fused-ring (bicyclic) bond motifs is 3. The molecule has 0 radical (unpaired) electrons. The van der Waals surface area contributed by atoms with Gasteiger partial charge in [-0.1, -0.05) is 128 Å². The highest BCUT2D eigenvalue weighted by atomic mass is 32.1. The summed E-state index contributed by atoms with van der Waals surface area (Å²) < 4.78 is 11.7. The second-order valence-electron chi connectivity index (χ2n) is 17.8. The average Bonchev–Trinajstić information content (AvgIpc) is 4.10. The number of nitrogens with one attached hydrogen (secondary N) is 2. The zero-order valence-electron chi connectivity index (χ0n) is 39.4. The predicted octanol–water partition coefficient (Wildman–Crippen LogP) is 11.9. The van der Waals surface area contributed by atoms with Crippen LogP contribution in [-0.4, -0.2) is 22.8 Å². The maximum atomic E-state index is 9.42. The van der Waals surface area contributed by atoms with Gasteiger partial charge >= 0.3 is 0 Å². The zero-order valence-corrected chi connectivity index (χ0v) is 42.8. The summed E-state index contributed by atoms with van der Waals surface area (Å²) in [4.78, 5) is 0. The minimum absolute atomic E-state index is 0.0624. The van der Waals surface area contributed by atoms with Crippen molar-refractivity contribution in [2.75, 3.05) is 0 Å². The number of benzene rings is 2. The van der Waals surface area contributed by atoms with Gasteiger partial charge in [-0.2, -0.15) is 21.0 Å². The largest absolute Gasteiger partial charge is 0.298 e. The summed E-state index contributed by atoms with van der Waals surface area (Å²) in [6, 6.07) is 28.7. The Bertz CT molecular complexity index is 3100. The number of hydrogen-bond donors (Lipinski definition) is 4. The van der Waals surface area contributed by atoms with Crippen LogP contribution in [0.1, 0.15) is 114 Å². The monoisotopic (exact) mass is 978 g/mol. The molecule has 2 aromatic carbocycles. The molecule has 2 unspecified atom stereocenters. The van der Waals surface area contributed by atoms with Crippen molar-refractivity contribution in [2.45, 2.75) is 97.3 Å². The van der Waals surface area contributed by atoms with E-state index in [1.807, 2.05) is 72.9 Å². The van der Waals surface area contributed by atoms with Gasteiger partial charge in [-0.05, 0) is 132 Å². The number of rotatable bonds is 16. The summed E-state index contributed by atoms with van der Waals surface area (Å²) in [6.45, 7) is 9.20. The summed E-state index contributed by atoms with van der Waals surface area (Å²) in [5.41, 5.74) is 11.1. The van der Waals surface area contributed by atoms with Crippen molar-refractivity contribution in [1.29, 1.82) is 31.9 Å². The third-order valence-corrected chi connectivity index (χ3v) is 16.3. The van der Waals surface area contributed by atoms with Gasteiger partial charge in [0.1, 0.15) is 46.8 Å². The molecule has 0 saturated heterocycles. The quantitative estimate of drug-likeness (QED) is 0.0648. The van der Waals surface area contributed by atoms with Crippen LogP contribution in [-0.2, 0) is 5.41 Å². The van der Waals surface area contributed by atoms with Crippen molar-refractivity contribution in [3.8, 4) is 35.4 Å². The molecule has 346 valence electrons. The number of hydrogen-bond acceptors (Lipinski definition) is 12. The Morgan fingerprint density at radius 3 is 1.36 bits per heavy atom. The highest BCUT2D eigenvalue weighted by Crippen LogP contribution is 2.57. The lowest BCUT2D eigenvalue weighted by Crippen LogP contribution is -2.32. The lowest BCUT2D eigenvalue weighted by atomic mass is 9.64. The molecular formula is C57H54N8S4. The lowest BCUT2D eigenvalue weighted by Gasteiger charge is -2.39. The van der Waals surface area contributed by atoms with Crippen LogP contribution in [0.2, 0.25) is 0 Å². The molecule has 2 heterocycles. The third-order valence-electron chi connectivity index (χ3n) is 13.8. The Morgan fingerprint density at radius 2 is 1.01 bits per heavy atom. The van der Waals surface area contributed by atoms with E-state index in [1.165, 1.54) is 44.9 Å². The fraction of sp³-hybridized carbons (Fsp3) is 0.298. The van der Waals surface area contributed by atoms with E-state index in [4.69, 9.17) is 0 Å². The van der Waals surface area contributed by atoms with Gasteiger partial charge < -0.3 is 0 Å². The fourth-order valence-corrected chi connectivity index (χ4v) is 12.3. The van der Waals surface area contributed by atoms with E-state index >= 15 is 0 Å².